The Labute approximate surface area is 60.6 Å². The van der Waals surface area contributed by atoms with Crippen LogP contribution in [0.25, 0.3) is 0 Å². The highest BCUT2D eigenvalue weighted by Crippen LogP contribution is 2.48. The van der Waals surface area contributed by atoms with Gasteiger partial charge in [-0.25, -0.2) is 0 Å². The van der Waals surface area contributed by atoms with Crippen molar-refractivity contribution < 1.29 is 9.53 Å². The highest BCUT2D eigenvalue weighted by atomic mass is 16.6. The molecule has 0 N–H and O–H groups in total. The van der Waals surface area contributed by atoms with Gasteiger partial charge in [0.1, 0.15) is 11.7 Å². The smallest absolute Gasteiger partial charge is 0.164 e. The van der Waals surface area contributed by atoms with Crippen LogP contribution in [0.1, 0.15) is 32.6 Å². The summed E-state index contributed by atoms with van der Waals surface area (Å²) < 4.78 is 5.38. The highest BCUT2D eigenvalue weighted by Gasteiger charge is 2.60. The summed E-state index contributed by atoms with van der Waals surface area (Å²) in [7, 11) is 0. The van der Waals surface area contributed by atoms with Crippen LogP contribution in [-0.2, 0) is 9.53 Å². The van der Waals surface area contributed by atoms with E-state index < -0.39 is 0 Å². The summed E-state index contributed by atoms with van der Waals surface area (Å²) in [5.74, 6) is 0.327. The van der Waals surface area contributed by atoms with E-state index in [1.54, 1.807) is 0 Å². The summed E-state index contributed by atoms with van der Waals surface area (Å²) in [4.78, 5) is 11.1. The number of ether oxygens (including phenoxy) is 1. The number of epoxide rings is 1. The lowest BCUT2D eigenvalue weighted by Gasteiger charge is -2.13. The lowest BCUT2D eigenvalue weighted by atomic mass is 9.86. The molecule has 0 aromatic rings. The second-order valence-electron chi connectivity index (χ2n) is 3.24. The summed E-state index contributed by atoms with van der Waals surface area (Å²) in [6.07, 6.45) is 3.87. The predicted molar refractivity (Wildman–Crippen MR) is 36.8 cm³/mol. The first kappa shape index (κ1) is 6.35. The molecule has 0 bridgehead atoms. The Kier molecular flexibility index (Phi) is 1.15. The fourth-order valence-electron chi connectivity index (χ4n) is 1.89. The van der Waals surface area contributed by atoms with Crippen LogP contribution in [-0.4, -0.2) is 17.5 Å². The van der Waals surface area contributed by atoms with Gasteiger partial charge in [0.2, 0.25) is 0 Å². The first-order chi connectivity index (χ1) is 4.78. The van der Waals surface area contributed by atoms with E-state index in [0.29, 0.717) is 5.78 Å². The molecule has 1 aliphatic carbocycles. The summed E-state index contributed by atoms with van der Waals surface area (Å²) in [6, 6.07) is 0. The molecule has 0 aromatic heterocycles. The average Bonchev–Trinajstić information content (AvgIpc) is 2.65. The Hall–Kier alpha value is -0.370. The van der Waals surface area contributed by atoms with Gasteiger partial charge in [-0.05, 0) is 19.3 Å². The van der Waals surface area contributed by atoms with Crippen LogP contribution in [0.4, 0.5) is 0 Å². The number of fused-ring (bicyclic) bond motifs is 1. The Bertz CT molecular complexity index is 176. The van der Waals surface area contributed by atoms with Crippen molar-refractivity contribution in [2.24, 2.45) is 0 Å². The fourth-order valence-corrected chi connectivity index (χ4v) is 1.89. The monoisotopic (exact) mass is 140 g/mol. The van der Waals surface area contributed by atoms with Gasteiger partial charge in [-0.2, -0.15) is 0 Å². The highest BCUT2D eigenvalue weighted by molar-refractivity contribution is 5.87. The fraction of sp³-hybridized carbons (Fsp3) is 0.875. The number of rotatable bonds is 1. The van der Waals surface area contributed by atoms with Crippen molar-refractivity contribution in [2.75, 3.05) is 0 Å². The van der Waals surface area contributed by atoms with E-state index >= 15 is 0 Å². The van der Waals surface area contributed by atoms with Gasteiger partial charge in [0.25, 0.3) is 0 Å². The largest absolute Gasteiger partial charge is 0.358 e. The molecule has 10 heavy (non-hydrogen) atoms. The first-order valence-electron chi connectivity index (χ1n) is 3.99. The topological polar surface area (TPSA) is 29.6 Å². The van der Waals surface area contributed by atoms with E-state index in [0.717, 1.165) is 25.7 Å². The third-order valence-corrected chi connectivity index (χ3v) is 2.69. The van der Waals surface area contributed by atoms with E-state index in [-0.39, 0.29) is 11.7 Å². The van der Waals surface area contributed by atoms with Gasteiger partial charge >= 0.3 is 0 Å². The number of carbonyl (C=O) groups excluding carboxylic acids is 1. The maximum absolute atomic E-state index is 11.1. The van der Waals surface area contributed by atoms with Crippen LogP contribution in [0.15, 0.2) is 0 Å². The third kappa shape index (κ3) is 0.655. The lowest BCUT2D eigenvalue weighted by molar-refractivity contribution is -0.120. The molecule has 2 heteroatoms. The van der Waals surface area contributed by atoms with Crippen LogP contribution in [0, 0.1) is 0 Å². The van der Waals surface area contributed by atoms with E-state index in [4.69, 9.17) is 4.74 Å². The summed E-state index contributed by atoms with van der Waals surface area (Å²) in [5.41, 5.74) is 0.00926. The number of hydrogen-bond donors (Lipinski definition) is 0. The molecule has 0 amide bonds. The maximum Gasteiger partial charge on any atom is 0.164 e. The van der Waals surface area contributed by atoms with E-state index in [1.165, 1.54) is 0 Å². The Balaban J connectivity index is 2.12. The molecular weight excluding hydrogens is 128 g/mol. The minimum absolute atomic E-state index is 0.00810. The van der Waals surface area contributed by atoms with Crippen molar-refractivity contribution >= 4 is 5.78 Å². The molecule has 1 heterocycles. The van der Waals surface area contributed by atoms with Crippen LogP contribution in [0.3, 0.4) is 0 Å². The Morgan fingerprint density at radius 3 is 3.20 bits per heavy atom. The van der Waals surface area contributed by atoms with Crippen molar-refractivity contribution in [2.45, 2.75) is 44.3 Å². The van der Waals surface area contributed by atoms with Gasteiger partial charge in [-0.3, -0.25) is 4.79 Å². The van der Waals surface area contributed by atoms with E-state index in [1.807, 2.05) is 0 Å². The summed E-state index contributed by atoms with van der Waals surface area (Å²) >= 11 is 0. The molecule has 0 spiro atoms. The predicted octanol–water partition coefficient (Wildman–Crippen LogP) is 1.29. The molecule has 2 unspecified atom stereocenters. The average molecular weight is 140 g/mol. The molecule has 0 radical (unpaired) electrons. The molecule has 1 saturated heterocycles. The van der Waals surface area contributed by atoms with Crippen molar-refractivity contribution in [1.29, 1.82) is 0 Å². The number of hydrogen-bond acceptors (Lipinski definition) is 2. The van der Waals surface area contributed by atoms with Crippen molar-refractivity contribution in [3.63, 3.8) is 0 Å². The summed E-state index contributed by atoms with van der Waals surface area (Å²) in [5, 5.41) is 0. The molecule has 0 aromatic carbocycles. The number of carbonyl (C=O) groups is 1. The van der Waals surface area contributed by atoms with E-state index in [9.17, 15) is 4.79 Å². The Morgan fingerprint density at radius 1 is 1.80 bits per heavy atom. The third-order valence-electron chi connectivity index (χ3n) is 2.69. The van der Waals surface area contributed by atoms with Crippen LogP contribution >= 0.6 is 0 Å². The minimum atomic E-state index is -0.00810. The molecule has 1 saturated carbocycles. The molecule has 2 rings (SSSR count). The standard InChI is InChI=1S/C8H12O2/c1-2-8-5-3-4-6(9)7(8)10-8/h7H,2-5H2,1H3. The van der Waals surface area contributed by atoms with Crippen molar-refractivity contribution in [1.82, 2.24) is 0 Å². The quantitative estimate of drug-likeness (QED) is 0.513. The van der Waals surface area contributed by atoms with Crippen molar-refractivity contribution in [3.05, 3.63) is 0 Å². The second-order valence-corrected chi connectivity index (χ2v) is 3.24. The zero-order valence-corrected chi connectivity index (χ0v) is 6.22. The number of Topliss-reactive ketones (excluding diaryl/α,β-unsaturated/α-hetero) is 1. The zero-order valence-electron chi connectivity index (χ0n) is 6.22. The number of ketones is 1. The van der Waals surface area contributed by atoms with Gasteiger partial charge in [0, 0.05) is 6.42 Å². The maximum atomic E-state index is 11.1. The van der Waals surface area contributed by atoms with Crippen molar-refractivity contribution in [3.8, 4) is 0 Å². The van der Waals surface area contributed by atoms with Gasteiger partial charge in [-0.15, -0.1) is 0 Å². The normalized spacial score (nSPS) is 44.9. The molecule has 2 atom stereocenters. The van der Waals surface area contributed by atoms with Crippen LogP contribution < -0.4 is 0 Å². The van der Waals surface area contributed by atoms with Gasteiger partial charge in [-0.1, -0.05) is 6.92 Å². The molecule has 56 valence electrons. The lowest BCUT2D eigenvalue weighted by Crippen LogP contribution is -2.25. The molecule has 1 aliphatic heterocycles. The molecule has 2 fully saturated rings. The van der Waals surface area contributed by atoms with Crippen LogP contribution in [0.5, 0.6) is 0 Å². The minimum Gasteiger partial charge on any atom is -0.358 e. The van der Waals surface area contributed by atoms with Gasteiger partial charge in [0.15, 0.2) is 5.78 Å². The summed E-state index contributed by atoms with van der Waals surface area (Å²) in [6.45, 7) is 2.10. The zero-order chi connectivity index (χ0) is 7.19. The molecule has 2 nitrogen and oxygen atoms in total. The Morgan fingerprint density at radius 2 is 2.60 bits per heavy atom. The molecular formula is C8H12O2. The second kappa shape index (κ2) is 1.82. The van der Waals surface area contributed by atoms with Crippen LogP contribution in [0.2, 0.25) is 0 Å². The molecule has 2 aliphatic rings. The van der Waals surface area contributed by atoms with Gasteiger partial charge < -0.3 is 4.74 Å². The first-order valence-corrected chi connectivity index (χ1v) is 3.99. The SMILES string of the molecule is CCC12CCCC(=O)C1O2. The van der Waals surface area contributed by atoms with Gasteiger partial charge in [0.05, 0.1) is 0 Å². The van der Waals surface area contributed by atoms with E-state index in [2.05, 4.69) is 6.92 Å².